The molecule has 3 rings (SSSR count). The number of amides is 1. The summed E-state index contributed by atoms with van der Waals surface area (Å²) in [6.07, 6.45) is 6.49. The van der Waals surface area contributed by atoms with Crippen LogP contribution in [-0.4, -0.2) is 17.7 Å². The van der Waals surface area contributed by atoms with E-state index in [2.05, 4.69) is 33.2 Å². The highest BCUT2D eigenvalue weighted by Gasteiger charge is 2.24. The molecule has 0 saturated carbocycles. The SMILES string of the molecule is CCCCCCOc1ccc(Br)cc1/C=C1/SC(=Nc2ccccc2)NC1=O. The first kappa shape index (κ1) is 20.7. The van der Waals surface area contributed by atoms with Crippen molar-refractivity contribution in [1.29, 1.82) is 0 Å². The number of nitrogens with zero attached hydrogens (tertiary/aromatic N) is 1. The van der Waals surface area contributed by atoms with Crippen molar-refractivity contribution in [2.75, 3.05) is 6.61 Å². The summed E-state index contributed by atoms with van der Waals surface area (Å²) in [5.41, 5.74) is 1.69. The fraction of sp³-hybridized carbons (Fsp3) is 0.273. The Morgan fingerprint density at radius 2 is 1.96 bits per heavy atom. The zero-order chi connectivity index (χ0) is 19.8. The number of para-hydroxylation sites is 1. The predicted molar refractivity (Wildman–Crippen MR) is 121 cm³/mol. The lowest BCUT2D eigenvalue weighted by Gasteiger charge is -2.10. The van der Waals surface area contributed by atoms with E-state index in [1.165, 1.54) is 31.0 Å². The van der Waals surface area contributed by atoms with Gasteiger partial charge in [-0.3, -0.25) is 4.79 Å². The molecule has 0 aliphatic carbocycles. The average molecular weight is 459 g/mol. The number of benzene rings is 2. The zero-order valence-electron chi connectivity index (χ0n) is 15.8. The monoisotopic (exact) mass is 458 g/mol. The molecule has 0 aromatic heterocycles. The number of nitrogens with one attached hydrogen (secondary N) is 1. The summed E-state index contributed by atoms with van der Waals surface area (Å²) in [5.74, 6) is 0.641. The topological polar surface area (TPSA) is 50.7 Å². The van der Waals surface area contributed by atoms with Crippen molar-refractivity contribution in [2.24, 2.45) is 4.99 Å². The molecule has 2 aromatic carbocycles. The third kappa shape index (κ3) is 5.97. The summed E-state index contributed by atoms with van der Waals surface area (Å²) >= 11 is 4.84. The van der Waals surface area contributed by atoms with Crippen LogP contribution in [0, 0.1) is 0 Å². The number of amidine groups is 1. The first-order valence-electron chi connectivity index (χ1n) is 9.42. The van der Waals surface area contributed by atoms with Crippen molar-refractivity contribution in [3.63, 3.8) is 0 Å². The Kier molecular flexibility index (Phi) is 7.74. The van der Waals surface area contributed by atoms with Gasteiger partial charge in [-0.05, 0) is 54.6 Å². The predicted octanol–water partition coefficient (Wildman–Crippen LogP) is 6.30. The Labute approximate surface area is 178 Å². The quantitative estimate of drug-likeness (QED) is 0.372. The van der Waals surface area contributed by atoms with Gasteiger partial charge >= 0.3 is 0 Å². The van der Waals surface area contributed by atoms with Crippen LogP contribution in [0.3, 0.4) is 0 Å². The molecule has 0 unspecified atom stereocenters. The number of rotatable bonds is 8. The molecule has 1 N–H and O–H groups in total. The molecule has 28 heavy (non-hydrogen) atoms. The van der Waals surface area contributed by atoms with Crippen LogP contribution in [-0.2, 0) is 4.79 Å². The summed E-state index contributed by atoms with van der Waals surface area (Å²) in [6, 6.07) is 15.4. The number of carbonyl (C=O) groups is 1. The fourth-order valence-corrected chi connectivity index (χ4v) is 3.93. The van der Waals surface area contributed by atoms with Gasteiger partial charge in [0, 0.05) is 10.0 Å². The lowest BCUT2D eigenvalue weighted by atomic mass is 10.2. The van der Waals surface area contributed by atoms with Crippen LogP contribution in [0.15, 0.2) is 62.9 Å². The van der Waals surface area contributed by atoms with E-state index < -0.39 is 0 Å². The number of thioether (sulfide) groups is 1. The van der Waals surface area contributed by atoms with Crippen LogP contribution in [0.5, 0.6) is 5.75 Å². The number of carbonyl (C=O) groups excluding carboxylic acids is 1. The molecule has 0 atom stereocenters. The van der Waals surface area contributed by atoms with Crippen molar-refractivity contribution in [1.82, 2.24) is 5.32 Å². The second-order valence-corrected chi connectivity index (χ2v) is 8.35. The molecule has 1 aliphatic rings. The molecule has 6 heteroatoms. The number of hydrogen-bond donors (Lipinski definition) is 1. The van der Waals surface area contributed by atoms with Crippen molar-refractivity contribution in [2.45, 2.75) is 32.6 Å². The van der Waals surface area contributed by atoms with Crippen LogP contribution in [0.1, 0.15) is 38.2 Å². The highest BCUT2D eigenvalue weighted by atomic mass is 79.9. The number of unbranched alkanes of at least 4 members (excludes halogenated alkanes) is 3. The van der Waals surface area contributed by atoms with Crippen LogP contribution in [0.4, 0.5) is 5.69 Å². The van der Waals surface area contributed by atoms with Gasteiger partial charge in [0.15, 0.2) is 5.17 Å². The third-order valence-electron chi connectivity index (χ3n) is 4.15. The van der Waals surface area contributed by atoms with Crippen molar-refractivity contribution in [3.05, 3.63) is 63.5 Å². The molecule has 4 nitrogen and oxygen atoms in total. The Bertz CT molecular complexity index is 881. The van der Waals surface area contributed by atoms with E-state index in [4.69, 9.17) is 4.74 Å². The second kappa shape index (κ2) is 10.5. The number of ether oxygens (including phenoxy) is 1. The van der Waals surface area contributed by atoms with Gasteiger partial charge in [0.1, 0.15) is 5.75 Å². The van der Waals surface area contributed by atoms with E-state index in [1.807, 2.05) is 54.6 Å². The van der Waals surface area contributed by atoms with Crippen LogP contribution in [0.2, 0.25) is 0 Å². The normalized spacial score (nSPS) is 16.6. The first-order chi connectivity index (χ1) is 13.7. The maximum absolute atomic E-state index is 12.4. The van der Waals surface area contributed by atoms with E-state index in [1.54, 1.807) is 0 Å². The van der Waals surface area contributed by atoms with E-state index in [9.17, 15) is 4.79 Å². The number of aliphatic imine (C=N–C) groups is 1. The van der Waals surface area contributed by atoms with Gasteiger partial charge in [-0.1, -0.05) is 60.3 Å². The van der Waals surface area contributed by atoms with Gasteiger partial charge in [0.05, 0.1) is 17.2 Å². The molecule has 0 spiro atoms. The lowest BCUT2D eigenvalue weighted by Crippen LogP contribution is -2.19. The Balaban J connectivity index is 1.74. The Morgan fingerprint density at radius 3 is 2.75 bits per heavy atom. The van der Waals surface area contributed by atoms with E-state index in [0.717, 1.165) is 27.9 Å². The van der Waals surface area contributed by atoms with Crippen LogP contribution < -0.4 is 10.1 Å². The molecule has 1 aliphatic heterocycles. The van der Waals surface area contributed by atoms with Gasteiger partial charge in [-0.25, -0.2) is 4.99 Å². The standard InChI is InChI=1S/C22H23BrN2O2S/c1-2-3-4-8-13-27-19-12-11-17(23)14-16(19)15-20-21(26)25-22(28-20)24-18-9-6-5-7-10-18/h5-7,9-12,14-15H,2-4,8,13H2,1H3,(H,24,25,26)/b20-15+. The minimum absolute atomic E-state index is 0.145. The summed E-state index contributed by atoms with van der Waals surface area (Å²) in [6.45, 7) is 2.87. The van der Waals surface area contributed by atoms with Gasteiger partial charge in [0.25, 0.3) is 5.91 Å². The van der Waals surface area contributed by atoms with E-state index in [-0.39, 0.29) is 5.91 Å². The second-order valence-electron chi connectivity index (χ2n) is 6.41. The van der Waals surface area contributed by atoms with Crippen molar-refractivity contribution >= 4 is 50.5 Å². The first-order valence-corrected chi connectivity index (χ1v) is 11.0. The summed E-state index contributed by atoms with van der Waals surface area (Å²) in [4.78, 5) is 17.5. The molecular formula is C22H23BrN2O2S. The van der Waals surface area contributed by atoms with Gasteiger partial charge in [-0.2, -0.15) is 0 Å². The molecule has 2 aromatic rings. The average Bonchev–Trinajstić information content (AvgIpc) is 3.03. The molecule has 1 amide bonds. The third-order valence-corrected chi connectivity index (χ3v) is 5.55. The molecule has 146 valence electrons. The van der Waals surface area contributed by atoms with E-state index in [0.29, 0.717) is 16.7 Å². The minimum atomic E-state index is -0.145. The van der Waals surface area contributed by atoms with Crippen molar-refractivity contribution in [3.8, 4) is 5.75 Å². The van der Waals surface area contributed by atoms with Gasteiger partial charge in [-0.15, -0.1) is 0 Å². The molecule has 0 radical (unpaired) electrons. The largest absolute Gasteiger partial charge is 0.493 e. The van der Waals surface area contributed by atoms with Gasteiger partial charge < -0.3 is 10.1 Å². The number of halogens is 1. The smallest absolute Gasteiger partial charge is 0.264 e. The number of hydrogen-bond acceptors (Lipinski definition) is 4. The summed E-state index contributed by atoms with van der Waals surface area (Å²) in [5, 5.41) is 3.41. The van der Waals surface area contributed by atoms with Crippen LogP contribution >= 0.6 is 27.7 Å². The highest BCUT2D eigenvalue weighted by molar-refractivity contribution is 9.10. The lowest BCUT2D eigenvalue weighted by molar-refractivity contribution is -0.115. The molecule has 0 bridgehead atoms. The zero-order valence-corrected chi connectivity index (χ0v) is 18.2. The minimum Gasteiger partial charge on any atom is -0.493 e. The van der Waals surface area contributed by atoms with E-state index >= 15 is 0 Å². The Morgan fingerprint density at radius 1 is 1.14 bits per heavy atom. The molecule has 1 fully saturated rings. The van der Waals surface area contributed by atoms with Crippen molar-refractivity contribution < 1.29 is 9.53 Å². The fourth-order valence-electron chi connectivity index (χ4n) is 2.72. The highest BCUT2D eigenvalue weighted by Crippen LogP contribution is 2.32. The summed E-state index contributed by atoms with van der Waals surface area (Å²) < 4.78 is 6.91. The maximum Gasteiger partial charge on any atom is 0.264 e. The summed E-state index contributed by atoms with van der Waals surface area (Å²) in [7, 11) is 0. The molecular weight excluding hydrogens is 436 g/mol. The van der Waals surface area contributed by atoms with Gasteiger partial charge in [0.2, 0.25) is 0 Å². The Hall–Kier alpha value is -2.05. The van der Waals surface area contributed by atoms with Crippen LogP contribution in [0.25, 0.3) is 6.08 Å². The maximum atomic E-state index is 12.4. The molecule has 1 saturated heterocycles. The molecule has 1 heterocycles.